The van der Waals surface area contributed by atoms with Gasteiger partial charge in [-0.1, -0.05) is 0 Å². The van der Waals surface area contributed by atoms with Gasteiger partial charge in [-0.05, 0) is 6.07 Å². The molecule has 0 aliphatic carbocycles. The van der Waals surface area contributed by atoms with Gasteiger partial charge in [0, 0.05) is 12.4 Å². The van der Waals surface area contributed by atoms with Crippen LogP contribution in [0.3, 0.4) is 0 Å². The highest BCUT2D eigenvalue weighted by atomic mass is 19.3. The van der Waals surface area contributed by atoms with Gasteiger partial charge in [0.15, 0.2) is 5.82 Å². The van der Waals surface area contributed by atoms with Crippen molar-refractivity contribution in [3.63, 3.8) is 0 Å². The van der Waals surface area contributed by atoms with E-state index in [0.29, 0.717) is 22.9 Å². The smallest absolute Gasteiger partial charge is 0.296 e. The van der Waals surface area contributed by atoms with E-state index in [2.05, 4.69) is 35.1 Å². The molecule has 110 valence electrons. The van der Waals surface area contributed by atoms with Gasteiger partial charge in [0.05, 0.1) is 18.2 Å². The molecule has 0 aliphatic rings. The van der Waals surface area contributed by atoms with Crippen LogP contribution in [-0.2, 0) is 0 Å². The zero-order chi connectivity index (χ0) is 15.1. The lowest BCUT2D eigenvalue weighted by atomic mass is 10.2. The van der Waals surface area contributed by atoms with E-state index in [-0.39, 0.29) is 5.82 Å². The number of nitrogens with one attached hydrogen (secondary N) is 2. The molecule has 10 heteroatoms. The van der Waals surface area contributed by atoms with E-state index in [9.17, 15) is 8.78 Å². The van der Waals surface area contributed by atoms with E-state index in [1.165, 1.54) is 6.33 Å². The Kier molecular flexibility index (Phi) is 2.68. The summed E-state index contributed by atoms with van der Waals surface area (Å²) in [5.41, 5.74) is 1.59. The van der Waals surface area contributed by atoms with E-state index in [4.69, 9.17) is 0 Å². The van der Waals surface area contributed by atoms with Gasteiger partial charge in [0.1, 0.15) is 11.4 Å². The summed E-state index contributed by atoms with van der Waals surface area (Å²) in [5, 5.41) is 6.03. The number of hydrogen-bond acceptors (Lipinski definition) is 5. The highest BCUT2D eigenvalue weighted by molar-refractivity contribution is 5.76. The normalized spacial score (nSPS) is 11.6. The molecule has 0 aromatic carbocycles. The fourth-order valence-electron chi connectivity index (χ4n) is 2.16. The van der Waals surface area contributed by atoms with Crippen molar-refractivity contribution in [3.05, 3.63) is 36.8 Å². The van der Waals surface area contributed by atoms with Crippen LogP contribution >= 0.6 is 0 Å². The number of fused-ring (bicyclic) bond motifs is 1. The van der Waals surface area contributed by atoms with Crippen molar-refractivity contribution in [3.8, 4) is 22.9 Å². The molecular weight excluding hydrogens is 294 g/mol. The summed E-state index contributed by atoms with van der Waals surface area (Å²) in [5.74, 6) is -0.0218. The molecule has 0 unspecified atom stereocenters. The Morgan fingerprint density at radius 3 is 2.86 bits per heavy atom. The SMILES string of the molecule is FC(F)c1nc(-c2nc3ncccn3c2-c2cnc[nH]2)n[nH]1. The van der Waals surface area contributed by atoms with Crippen molar-refractivity contribution < 1.29 is 8.78 Å². The quantitative estimate of drug-likeness (QED) is 0.601. The standard InChI is InChI=1S/C12H8F2N8/c13-9(14)11-19-10(20-21-11)7-8(6-4-15-5-17-6)22-3-1-2-16-12(22)18-7/h1-5,9H,(H,15,17)(H,19,20,21). The molecule has 2 N–H and O–H groups in total. The van der Waals surface area contributed by atoms with Gasteiger partial charge < -0.3 is 4.98 Å². The molecule has 0 bridgehead atoms. The average Bonchev–Trinajstić information content (AvgIpc) is 3.24. The summed E-state index contributed by atoms with van der Waals surface area (Å²) in [7, 11) is 0. The lowest BCUT2D eigenvalue weighted by molar-refractivity contribution is 0.141. The van der Waals surface area contributed by atoms with Crippen LogP contribution in [0.5, 0.6) is 0 Å². The monoisotopic (exact) mass is 302 g/mol. The molecule has 4 aromatic rings. The van der Waals surface area contributed by atoms with Crippen molar-refractivity contribution >= 4 is 5.78 Å². The largest absolute Gasteiger partial charge is 0.343 e. The second kappa shape index (κ2) is 4.69. The van der Waals surface area contributed by atoms with Crippen LogP contribution in [0.25, 0.3) is 28.7 Å². The topological polar surface area (TPSA) is 100 Å². The maximum absolute atomic E-state index is 12.7. The third-order valence-electron chi connectivity index (χ3n) is 3.08. The third-order valence-corrected chi connectivity index (χ3v) is 3.08. The molecule has 0 amide bonds. The van der Waals surface area contributed by atoms with Crippen molar-refractivity contribution in [2.75, 3.05) is 0 Å². The highest BCUT2D eigenvalue weighted by Gasteiger charge is 2.22. The van der Waals surface area contributed by atoms with Crippen LogP contribution in [0.15, 0.2) is 31.0 Å². The predicted octanol–water partition coefficient (Wildman–Crippen LogP) is 1.84. The Hall–Kier alpha value is -3.17. The molecular formula is C12H8F2N8. The summed E-state index contributed by atoms with van der Waals surface area (Å²) in [4.78, 5) is 19.2. The molecule has 0 aliphatic heterocycles. The second-order valence-electron chi connectivity index (χ2n) is 4.41. The van der Waals surface area contributed by atoms with Crippen molar-refractivity contribution in [2.45, 2.75) is 6.43 Å². The van der Waals surface area contributed by atoms with Gasteiger partial charge in [-0.3, -0.25) is 9.50 Å². The zero-order valence-electron chi connectivity index (χ0n) is 10.9. The molecule has 22 heavy (non-hydrogen) atoms. The summed E-state index contributed by atoms with van der Waals surface area (Å²) < 4.78 is 27.1. The maximum Gasteiger partial charge on any atom is 0.296 e. The van der Waals surface area contributed by atoms with Crippen molar-refractivity contribution in [1.29, 1.82) is 0 Å². The van der Waals surface area contributed by atoms with Crippen LogP contribution in [-0.4, -0.2) is 39.5 Å². The molecule has 0 atom stereocenters. The van der Waals surface area contributed by atoms with Gasteiger partial charge in [0.25, 0.3) is 6.43 Å². The number of rotatable bonds is 3. The van der Waals surface area contributed by atoms with Gasteiger partial charge in [-0.2, -0.15) is 5.10 Å². The number of halogens is 2. The average molecular weight is 302 g/mol. The molecule has 0 saturated carbocycles. The van der Waals surface area contributed by atoms with E-state index < -0.39 is 12.2 Å². The molecule has 0 spiro atoms. The van der Waals surface area contributed by atoms with E-state index >= 15 is 0 Å². The lowest BCUT2D eigenvalue weighted by Crippen LogP contribution is -1.91. The Labute approximate surface area is 121 Å². The molecule has 0 fully saturated rings. The summed E-state index contributed by atoms with van der Waals surface area (Å²) in [6.45, 7) is 0. The molecule has 4 heterocycles. The Bertz CT molecular complexity index is 924. The lowest BCUT2D eigenvalue weighted by Gasteiger charge is -1.99. The minimum absolute atomic E-state index is 0.0744. The second-order valence-corrected chi connectivity index (χ2v) is 4.41. The number of aromatic amines is 2. The number of H-pyrrole nitrogens is 2. The fraction of sp³-hybridized carbons (Fsp3) is 0.0833. The molecule has 4 aromatic heterocycles. The minimum Gasteiger partial charge on any atom is -0.343 e. The molecule has 0 radical (unpaired) electrons. The van der Waals surface area contributed by atoms with Gasteiger partial charge in [0.2, 0.25) is 11.6 Å². The molecule has 8 nitrogen and oxygen atoms in total. The van der Waals surface area contributed by atoms with Crippen molar-refractivity contribution in [1.82, 2.24) is 39.5 Å². The van der Waals surface area contributed by atoms with Crippen molar-refractivity contribution in [2.24, 2.45) is 0 Å². The number of imidazole rings is 2. The number of nitrogens with zero attached hydrogens (tertiary/aromatic N) is 6. The van der Waals surface area contributed by atoms with Gasteiger partial charge in [-0.15, -0.1) is 0 Å². The highest BCUT2D eigenvalue weighted by Crippen LogP contribution is 2.29. The summed E-state index contributed by atoms with van der Waals surface area (Å²) >= 11 is 0. The summed E-state index contributed by atoms with van der Waals surface area (Å²) in [6, 6.07) is 1.74. The van der Waals surface area contributed by atoms with E-state index in [0.717, 1.165) is 0 Å². The number of hydrogen-bond donors (Lipinski definition) is 2. The van der Waals surface area contributed by atoms with Gasteiger partial charge >= 0.3 is 0 Å². The Balaban J connectivity index is 1.98. The maximum atomic E-state index is 12.7. The van der Waals surface area contributed by atoms with Crippen LogP contribution in [0.4, 0.5) is 8.78 Å². The number of alkyl halides is 2. The first kappa shape index (κ1) is 12.6. The minimum atomic E-state index is -2.73. The van der Waals surface area contributed by atoms with E-state index in [1.54, 1.807) is 29.1 Å². The Morgan fingerprint density at radius 2 is 2.14 bits per heavy atom. The van der Waals surface area contributed by atoms with Crippen LogP contribution in [0.2, 0.25) is 0 Å². The zero-order valence-corrected chi connectivity index (χ0v) is 10.9. The first-order chi connectivity index (χ1) is 10.7. The third kappa shape index (κ3) is 1.84. The van der Waals surface area contributed by atoms with Crippen LogP contribution in [0.1, 0.15) is 12.2 Å². The predicted molar refractivity (Wildman–Crippen MR) is 70.9 cm³/mol. The summed E-state index contributed by atoms with van der Waals surface area (Å²) in [6.07, 6.45) is 3.73. The van der Waals surface area contributed by atoms with Gasteiger partial charge in [-0.25, -0.2) is 28.7 Å². The fourth-order valence-corrected chi connectivity index (χ4v) is 2.16. The number of aromatic nitrogens is 8. The molecule has 4 rings (SSSR count). The van der Waals surface area contributed by atoms with Crippen LogP contribution < -0.4 is 0 Å². The first-order valence-electron chi connectivity index (χ1n) is 6.26. The Morgan fingerprint density at radius 1 is 1.23 bits per heavy atom. The van der Waals surface area contributed by atoms with Crippen LogP contribution in [0, 0.1) is 0 Å². The van der Waals surface area contributed by atoms with E-state index in [1.807, 2.05) is 0 Å². The molecule has 0 saturated heterocycles. The first-order valence-corrected chi connectivity index (χ1v) is 6.26.